The molecule has 0 saturated carbocycles. The van der Waals surface area contributed by atoms with Crippen molar-refractivity contribution in [1.82, 2.24) is 10.2 Å². The third-order valence-corrected chi connectivity index (χ3v) is 3.16. The van der Waals surface area contributed by atoms with E-state index in [1.54, 1.807) is 0 Å². The van der Waals surface area contributed by atoms with Gasteiger partial charge in [-0.05, 0) is 30.8 Å². The molecule has 1 heterocycles. The number of rotatable bonds is 2. The van der Waals surface area contributed by atoms with Gasteiger partial charge in [0.1, 0.15) is 0 Å². The highest BCUT2D eigenvalue weighted by Crippen LogP contribution is 2.17. The molecular formula is C14H19N3O. The number of anilines is 1. The number of urea groups is 1. The van der Waals surface area contributed by atoms with Crippen molar-refractivity contribution in [2.45, 2.75) is 6.92 Å². The number of aryl methyl sites for hydroxylation is 1. The predicted octanol–water partition coefficient (Wildman–Crippen LogP) is 1.97. The Bertz CT molecular complexity index is 436. The summed E-state index contributed by atoms with van der Waals surface area (Å²) in [6.07, 6.45) is 1.43. The maximum Gasteiger partial charge on any atom is 0.321 e. The van der Waals surface area contributed by atoms with E-state index in [1.807, 2.05) is 4.90 Å². The molecule has 0 atom stereocenters. The topological polar surface area (TPSA) is 35.6 Å². The van der Waals surface area contributed by atoms with E-state index in [0.717, 1.165) is 26.2 Å². The normalized spacial score (nSPS) is 15.4. The van der Waals surface area contributed by atoms with E-state index in [2.05, 4.69) is 48.0 Å². The van der Waals surface area contributed by atoms with Crippen LogP contribution >= 0.6 is 0 Å². The summed E-state index contributed by atoms with van der Waals surface area (Å²) in [7, 11) is 0. The van der Waals surface area contributed by atoms with Gasteiger partial charge in [-0.2, -0.15) is 0 Å². The Morgan fingerprint density at radius 2 is 2.06 bits per heavy atom. The lowest BCUT2D eigenvalue weighted by atomic mass is 10.2. The maximum atomic E-state index is 11.6. The molecule has 1 N–H and O–H groups in total. The van der Waals surface area contributed by atoms with E-state index in [0.29, 0.717) is 0 Å². The van der Waals surface area contributed by atoms with Gasteiger partial charge in [0.05, 0.1) is 0 Å². The largest absolute Gasteiger partial charge is 0.368 e. The zero-order valence-electron chi connectivity index (χ0n) is 10.7. The number of benzene rings is 1. The Kier molecular flexibility index (Phi) is 3.87. The number of nitrogens with one attached hydrogen (secondary N) is 1. The first-order valence-electron chi connectivity index (χ1n) is 6.18. The van der Waals surface area contributed by atoms with Crippen LogP contribution < -0.4 is 10.2 Å². The zero-order chi connectivity index (χ0) is 13.0. The van der Waals surface area contributed by atoms with Crippen LogP contribution in [-0.2, 0) is 0 Å². The zero-order valence-corrected chi connectivity index (χ0v) is 10.7. The molecule has 0 bridgehead atoms. The number of carbonyl (C=O) groups is 1. The van der Waals surface area contributed by atoms with E-state index in [1.165, 1.54) is 17.5 Å². The second kappa shape index (κ2) is 5.58. The molecule has 1 fully saturated rings. The molecule has 1 saturated heterocycles. The van der Waals surface area contributed by atoms with Crippen molar-refractivity contribution in [3.8, 4) is 0 Å². The number of hydrogen-bond donors (Lipinski definition) is 1. The molecule has 2 rings (SSSR count). The minimum atomic E-state index is -0.0612. The molecule has 1 aromatic carbocycles. The molecule has 18 heavy (non-hydrogen) atoms. The maximum absolute atomic E-state index is 11.6. The van der Waals surface area contributed by atoms with Crippen LogP contribution in [0.5, 0.6) is 0 Å². The fraction of sp³-hybridized carbons (Fsp3) is 0.357. The number of carbonyl (C=O) groups excluding carboxylic acids is 1. The van der Waals surface area contributed by atoms with Gasteiger partial charge in [0.25, 0.3) is 0 Å². The summed E-state index contributed by atoms with van der Waals surface area (Å²) in [4.78, 5) is 15.7. The highest BCUT2D eigenvalue weighted by atomic mass is 16.2. The third-order valence-electron chi connectivity index (χ3n) is 3.16. The minimum Gasteiger partial charge on any atom is -0.368 e. The molecular weight excluding hydrogens is 226 g/mol. The second-order valence-electron chi connectivity index (χ2n) is 4.47. The highest BCUT2D eigenvalue weighted by Gasteiger charge is 2.20. The van der Waals surface area contributed by atoms with Crippen LogP contribution in [0.1, 0.15) is 5.56 Å². The Morgan fingerprint density at radius 1 is 1.33 bits per heavy atom. The quantitative estimate of drug-likeness (QED) is 0.864. The van der Waals surface area contributed by atoms with Gasteiger partial charge in [-0.25, -0.2) is 4.79 Å². The standard InChI is InChI=1S/C14H19N3O/c1-3-15-14(18)17-9-7-16(8-10-17)13-6-4-5-12(2)11-13/h3-6,11H,1,7-10H2,2H3,(H,15,18). The van der Waals surface area contributed by atoms with E-state index in [-0.39, 0.29) is 6.03 Å². The summed E-state index contributed by atoms with van der Waals surface area (Å²) in [5.41, 5.74) is 2.50. The summed E-state index contributed by atoms with van der Waals surface area (Å²) in [5, 5.41) is 2.61. The summed E-state index contributed by atoms with van der Waals surface area (Å²) in [6, 6.07) is 8.40. The minimum absolute atomic E-state index is 0.0612. The number of amides is 2. The molecule has 0 spiro atoms. The summed E-state index contributed by atoms with van der Waals surface area (Å²) < 4.78 is 0. The van der Waals surface area contributed by atoms with Crippen LogP contribution in [0.2, 0.25) is 0 Å². The average molecular weight is 245 g/mol. The molecule has 4 nitrogen and oxygen atoms in total. The van der Waals surface area contributed by atoms with Crippen LogP contribution in [0.3, 0.4) is 0 Å². The Labute approximate surface area is 108 Å². The van der Waals surface area contributed by atoms with Gasteiger partial charge in [0, 0.05) is 31.9 Å². The SMILES string of the molecule is C=CNC(=O)N1CCN(c2cccc(C)c2)CC1. The lowest BCUT2D eigenvalue weighted by Crippen LogP contribution is -2.51. The first kappa shape index (κ1) is 12.5. The van der Waals surface area contributed by atoms with Crippen molar-refractivity contribution < 1.29 is 4.79 Å². The Balaban J connectivity index is 1.94. The smallest absolute Gasteiger partial charge is 0.321 e. The molecule has 1 aromatic rings. The molecule has 1 aliphatic rings. The van der Waals surface area contributed by atoms with Crippen molar-refractivity contribution in [2.75, 3.05) is 31.1 Å². The van der Waals surface area contributed by atoms with Crippen molar-refractivity contribution in [3.05, 3.63) is 42.6 Å². The van der Waals surface area contributed by atoms with Crippen LogP contribution in [0.15, 0.2) is 37.0 Å². The van der Waals surface area contributed by atoms with Gasteiger partial charge in [-0.1, -0.05) is 18.7 Å². The van der Waals surface area contributed by atoms with E-state index in [9.17, 15) is 4.79 Å². The number of nitrogens with zero attached hydrogens (tertiary/aromatic N) is 2. The Hall–Kier alpha value is -1.97. The van der Waals surface area contributed by atoms with Gasteiger partial charge in [0.2, 0.25) is 0 Å². The van der Waals surface area contributed by atoms with Gasteiger partial charge in [0.15, 0.2) is 0 Å². The predicted molar refractivity (Wildman–Crippen MR) is 73.7 cm³/mol. The highest BCUT2D eigenvalue weighted by molar-refractivity contribution is 5.75. The van der Waals surface area contributed by atoms with Crippen molar-refractivity contribution >= 4 is 11.7 Å². The Morgan fingerprint density at radius 3 is 2.67 bits per heavy atom. The summed E-state index contributed by atoms with van der Waals surface area (Å²) in [5.74, 6) is 0. The fourth-order valence-corrected chi connectivity index (χ4v) is 2.17. The van der Waals surface area contributed by atoms with Crippen LogP contribution in [0.4, 0.5) is 10.5 Å². The van der Waals surface area contributed by atoms with Crippen LogP contribution in [0.25, 0.3) is 0 Å². The molecule has 2 amide bonds. The van der Waals surface area contributed by atoms with Crippen molar-refractivity contribution in [1.29, 1.82) is 0 Å². The number of hydrogen-bond acceptors (Lipinski definition) is 2. The first-order valence-corrected chi connectivity index (χ1v) is 6.18. The molecule has 1 aliphatic heterocycles. The van der Waals surface area contributed by atoms with Gasteiger partial charge in [-0.15, -0.1) is 0 Å². The van der Waals surface area contributed by atoms with E-state index < -0.39 is 0 Å². The van der Waals surface area contributed by atoms with Gasteiger partial charge >= 0.3 is 6.03 Å². The lowest BCUT2D eigenvalue weighted by molar-refractivity contribution is 0.198. The lowest BCUT2D eigenvalue weighted by Gasteiger charge is -2.36. The van der Waals surface area contributed by atoms with Crippen molar-refractivity contribution in [3.63, 3.8) is 0 Å². The monoisotopic (exact) mass is 245 g/mol. The fourth-order valence-electron chi connectivity index (χ4n) is 2.17. The van der Waals surface area contributed by atoms with Gasteiger partial charge in [-0.3, -0.25) is 0 Å². The first-order chi connectivity index (χ1) is 8.70. The molecule has 0 unspecified atom stereocenters. The van der Waals surface area contributed by atoms with Gasteiger partial charge < -0.3 is 15.1 Å². The third kappa shape index (κ3) is 2.83. The summed E-state index contributed by atoms with van der Waals surface area (Å²) in [6.45, 7) is 8.82. The molecule has 4 heteroatoms. The van der Waals surface area contributed by atoms with Crippen LogP contribution in [0, 0.1) is 6.92 Å². The van der Waals surface area contributed by atoms with Crippen molar-refractivity contribution in [2.24, 2.45) is 0 Å². The molecule has 0 aliphatic carbocycles. The second-order valence-corrected chi connectivity index (χ2v) is 4.47. The average Bonchev–Trinajstić information content (AvgIpc) is 2.39. The van der Waals surface area contributed by atoms with E-state index >= 15 is 0 Å². The van der Waals surface area contributed by atoms with E-state index in [4.69, 9.17) is 0 Å². The molecule has 0 aromatic heterocycles. The van der Waals surface area contributed by atoms with Crippen LogP contribution in [-0.4, -0.2) is 37.1 Å². The summed E-state index contributed by atoms with van der Waals surface area (Å²) >= 11 is 0. The molecule has 96 valence electrons. The number of piperazine rings is 1. The molecule has 0 radical (unpaired) electrons.